The number of hydrogen-bond donors (Lipinski definition) is 1. The molecule has 0 radical (unpaired) electrons. The summed E-state index contributed by atoms with van der Waals surface area (Å²) >= 11 is 7.46. The van der Waals surface area contributed by atoms with Gasteiger partial charge in [-0.1, -0.05) is 23.7 Å². The Balaban J connectivity index is 1.64. The van der Waals surface area contributed by atoms with Crippen molar-refractivity contribution in [2.75, 3.05) is 0 Å². The van der Waals surface area contributed by atoms with Crippen LogP contribution in [0.4, 0.5) is 0 Å². The van der Waals surface area contributed by atoms with Crippen LogP contribution in [0.15, 0.2) is 30.6 Å². The molecule has 0 spiro atoms. The smallest absolute Gasteiger partial charge is 0.242 e. The van der Waals surface area contributed by atoms with Crippen molar-refractivity contribution in [3.8, 4) is 11.3 Å². The van der Waals surface area contributed by atoms with Gasteiger partial charge in [0.25, 0.3) is 0 Å². The quantitative estimate of drug-likeness (QED) is 0.763. The predicted octanol–water partition coefficient (Wildman–Crippen LogP) is 2.07. The number of carbonyl (C=O) groups is 1. The molecule has 1 N–H and O–H groups in total. The Bertz CT molecular complexity index is 799. The van der Waals surface area contributed by atoms with Gasteiger partial charge in [0.2, 0.25) is 5.91 Å². The number of carbonyl (C=O) groups excluding carboxylic acids is 1. The Morgan fingerprint density at radius 2 is 2.13 bits per heavy atom. The molecule has 0 saturated carbocycles. The number of rotatable bonds is 5. The second-order valence-electron chi connectivity index (χ2n) is 4.80. The van der Waals surface area contributed by atoms with Gasteiger partial charge in [-0.3, -0.25) is 4.79 Å². The number of thiazole rings is 1. The van der Waals surface area contributed by atoms with Gasteiger partial charge in [-0.2, -0.15) is 0 Å². The van der Waals surface area contributed by atoms with Gasteiger partial charge >= 0.3 is 0 Å². The fourth-order valence-electron chi connectivity index (χ4n) is 2.03. The minimum atomic E-state index is -0.168. The fourth-order valence-corrected chi connectivity index (χ4v) is 3.05. The Morgan fingerprint density at radius 3 is 2.83 bits per heavy atom. The van der Waals surface area contributed by atoms with E-state index < -0.39 is 0 Å². The summed E-state index contributed by atoms with van der Waals surface area (Å²) in [5.41, 5.74) is 1.92. The van der Waals surface area contributed by atoms with Gasteiger partial charge < -0.3 is 5.32 Å². The molecule has 0 aliphatic heterocycles. The average molecular weight is 349 g/mol. The molecule has 1 aromatic carbocycles. The number of nitrogens with one attached hydrogen (secondary N) is 1. The van der Waals surface area contributed by atoms with Crippen molar-refractivity contribution < 1.29 is 4.79 Å². The first-order valence-electron chi connectivity index (χ1n) is 6.81. The molecular weight excluding hydrogens is 336 g/mol. The van der Waals surface area contributed by atoms with Gasteiger partial charge in [0.05, 0.1) is 12.2 Å². The highest BCUT2D eigenvalue weighted by molar-refractivity contribution is 7.12. The summed E-state index contributed by atoms with van der Waals surface area (Å²) in [5.74, 6) is -0.168. The van der Waals surface area contributed by atoms with Gasteiger partial charge in [0.1, 0.15) is 17.9 Å². The Morgan fingerprint density at radius 1 is 1.35 bits per heavy atom. The van der Waals surface area contributed by atoms with Crippen LogP contribution in [-0.4, -0.2) is 31.1 Å². The van der Waals surface area contributed by atoms with Crippen molar-refractivity contribution in [1.29, 1.82) is 0 Å². The molecule has 0 saturated heterocycles. The van der Waals surface area contributed by atoms with Crippen LogP contribution in [0.1, 0.15) is 9.88 Å². The zero-order valence-corrected chi connectivity index (χ0v) is 13.8. The number of benzene rings is 1. The lowest BCUT2D eigenvalue weighted by Crippen LogP contribution is -2.27. The summed E-state index contributed by atoms with van der Waals surface area (Å²) < 4.78 is 1.36. The topological polar surface area (TPSA) is 85.6 Å². The lowest BCUT2D eigenvalue weighted by molar-refractivity contribution is -0.122. The molecule has 9 heteroatoms. The predicted molar refractivity (Wildman–Crippen MR) is 87.0 cm³/mol. The third-order valence-electron chi connectivity index (χ3n) is 3.09. The molecule has 2 aromatic heterocycles. The highest BCUT2D eigenvalue weighted by atomic mass is 35.5. The molecule has 23 heavy (non-hydrogen) atoms. The monoisotopic (exact) mass is 348 g/mol. The van der Waals surface area contributed by atoms with Crippen molar-refractivity contribution in [3.63, 3.8) is 0 Å². The molecular formula is C14H13ClN6OS. The third kappa shape index (κ3) is 3.91. The molecule has 3 aromatic rings. The highest BCUT2D eigenvalue weighted by Gasteiger charge is 2.11. The lowest BCUT2D eigenvalue weighted by Gasteiger charge is -2.02. The second kappa shape index (κ2) is 6.84. The maximum absolute atomic E-state index is 11.8. The molecule has 7 nitrogen and oxygen atoms in total. The van der Waals surface area contributed by atoms with Crippen LogP contribution in [0.2, 0.25) is 5.02 Å². The second-order valence-corrected chi connectivity index (χ2v) is 6.53. The molecule has 118 valence electrons. The number of nitrogens with zero attached hydrogens (tertiary/aromatic N) is 5. The molecule has 1 amide bonds. The SMILES string of the molecule is Cc1sc(CNC(=O)Cn2cnnn2)nc1-c1ccc(Cl)cc1. The normalized spacial score (nSPS) is 10.7. The van der Waals surface area contributed by atoms with E-state index in [1.165, 1.54) is 11.0 Å². The number of hydrogen-bond acceptors (Lipinski definition) is 6. The van der Waals surface area contributed by atoms with E-state index in [1.807, 2.05) is 31.2 Å². The van der Waals surface area contributed by atoms with E-state index in [0.717, 1.165) is 21.1 Å². The molecule has 0 aliphatic rings. The van der Waals surface area contributed by atoms with Crippen molar-refractivity contribution in [2.24, 2.45) is 0 Å². The van der Waals surface area contributed by atoms with E-state index >= 15 is 0 Å². The summed E-state index contributed by atoms with van der Waals surface area (Å²) in [7, 11) is 0. The molecule has 0 bridgehead atoms. The minimum Gasteiger partial charge on any atom is -0.348 e. The summed E-state index contributed by atoms with van der Waals surface area (Å²) in [4.78, 5) is 17.5. The number of tetrazole rings is 1. The first-order chi connectivity index (χ1) is 11.1. The van der Waals surface area contributed by atoms with Crippen LogP contribution in [0.3, 0.4) is 0 Å². The van der Waals surface area contributed by atoms with Crippen LogP contribution in [0, 0.1) is 6.92 Å². The molecule has 0 fully saturated rings. The average Bonchev–Trinajstić information content (AvgIpc) is 3.16. The van der Waals surface area contributed by atoms with E-state index in [0.29, 0.717) is 11.6 Å². The summed E-state index contributed by atoms with van der Waals surface area (Å²) in [6, 6.07) is 7.54. The summed E-state index contributed by atoms with van der Waals surface area (Å²) in [6.45, 7) is 2.47. The van der Waals surface area contributed by atoms with E-state index in [2.05, 4.69) is 25.8 Å². The number of aromatic nitrogens is 5. The number of amides is 1. The van der Waals surface area contributed by atoms with Gasteiger partial charge in [0.15, 0.2) is 0 Å². The Labute approximate surface area is 141 Å². The standard InChI is InChI=1S/C14H13ClN6OS/c1-9-14(10-2-4-11(15)5-3-10)18-13(23-9)6-16-12(22)7-21-8-17-19-20-21/h2-5,8H,6-7H2,1H3,(H,16,22). The maximum Gasteiger partial charge on any atom is 0.242 e. The third-order valence-corrected chi connectivity index (χ3v) is 4.32. The van der Waals surface area contributed by atoms with Crippen LogP contribution in [0.5, 0.6) is 0 Å². The van der Waals surface area contributed by atoms with E-state index in [-0.39, 0.29) is 12.5 Å². The van der Waals surface area contributed by atoms with Crippen molar-refractivity contribution in [3.05, 3.63) is 45.5 Å². The largest absolute Gasteiger partial charge is 0.348 e. The van der Waals surface area contributed by atoms with E-state index in [1.54, 1.807) is 11.3 Å². The number of halogens is 1. The van der Waals surface area contributed by atoms with Gasteiger partial charge in [-0.05, 0) is 29.5 Å². The maximum atomic E-state index is 11.8. The first-order valence-corrected chi connectivity index (χ1v) is 8.01. The van der Waals surface area contributed by atoms with Crippen LogP contribution in [-0.2, 0) is 17.9 Å². The molecule has 3 rings (SSSR count). The van der Waals surface area contributed by atoms with Crippen LogP contribution < -0.4 is 5.32 Å². The van der Waals surface area contributed by atoms with Gasteiger partial charge in [0, 0.05) is 15.5 Å². The Hall–Kier alpha value is -2.32. The van der Waals surface area contributed by atoms with E-state index in [4.69, 9.17) is 11.6 Å². The zero-order valence-electron chi connectivity index (χ0n) is 12.2. The zero-order chi connectivity index (χ0) is 16.2. The molecule has 0 unspecified atom stereocenters. The van der Waals surface area contributed by atoms with Crippen molar-refractivity contribution >= 4 is 28.8 Å². The van der Waals surface area contributed by atoms with Gasteiger partial charge in [-0.15, -0.1) is 16.4 Å². The first kappa shape index (κ1) is 15.6. The minimum absolute atomic E-state index is 0.0847. The van der Waals surface area contributed by atoms with Crippen molar-refractivity contribution in [2.45, 2.75) is 20.0 Å². The van der Waals surface area contributed by atoms with Crippen LogP contribution in [0.25, 0.3) is 11.3 Å². The summed E-state index contributed by atoms with van der Waals surface area (Å²) in [5, 5.41) is 15.0. The Kier molecular flexibility index (Phi) is 4.63. The van der Waals surface area contributed by atoms with Gasteiger partial charge in [-0.25, -0.2) is 9.67 Å². The number of aryl methyl sites for hydroxylation is 1. The van der Waals surface area contributed by atoms with Crippen molar-refractivity contribution in [1.82, 2.24) is 30.5 Å². The fraction of sp³-hybridized carbons (Fsp3) is 0.214. The lowest BCUT2D eigenvalue weighted by atomic mass is 10.1. The molecule has 0 aliphatic carbocycles. The molecule has 2 heterocycles. The van der Waals surface area contributed by atoms with E-state index in [9.17, 15) is 4.79 Å². The summed E-state index contributed by atoms with van der Waals surface area (Å²) in [6.07, 6.45) is 1.39. The van der Waals surface area contributed by atoms with Crippen LogP contribution >= 0.6 is 22.9 Å². The highest BCUT2D eigenvalue weighted by Crippen LogP contribution is 2.28. The molecule has 0 atom stereocenters.